The van der Waals surface area contributed by atoms with E-state index in [-0.39, 0.29) is 18.4 Å². The summed E-state index contributed by atoms with van der Waals surface area (Å²) in [5.74, 6) is 0.505. The summed E-state index contributed by atoms with van der Waals surface area (Å²) < 4.78 is 5.43. The van der Waals surface area contributed by atoms with Crippen LogP contribution in [-0.4, -0.2) is 18.6 Å². The summed E-state index contributed by atoms with van der Waals surface area (Å²) in [6.45, 7) is 0.306. The van der Waals surface area contributed by atoms with Crippen molar-refractivity contribution in [2.75, 3.05) is 6.61 Å². The highest BCUT2D eigenvalue weighted by atomic mass is 35.5. The Morgan fingerprint density at radius 3 is 2.89 bits per heavy atom. The first-order valence-corrected chi connectivity index (χ1v) is 6.95. The summed E-state index contributed by atoms with van der Waals surface area (Å²) in [6.07, 6.45) is 4.85. The Labute approximate surface area is 118 Å². The molecule has 0 radical (unpaired) electrons. The van der Waals surface area contributed by atoms with Crippen LogP contribution in [0.15, 0.2) is 24.3 Å². The number of carbonyl (C=O) groups excluding carboxylic acids is 1. The van der Waals surface area contributed by atoms with Crippen molar-refractivity contribution in [1.29, 1.82) is 0 Å². The van der Waals surface area contributed by atoms with E-state index in [9.17, 15) is 4.79 Å². The van der Waals surface area contributed by atoms with Crippen molar-refractivity contribution in [3.63, 3.8) is 0 Å². The maximum atomic E-state index is 11.5. The summed E-state index contributed by atoms with van der Waals surface area (Å²) in [5.41, 5.74) is 2.48. The first-order chi connectivity index (χ1) is 9.24. The topological polar surface area (TPSA) is 47.6 Å². The number of nitrogens with one attached hydrogen (secondary N) is 1. The normalized spacial score (nSPS) is 15.4. The average molecular weight is 284 g/mol. The molecule has 0 unspecified atom stereocenters. The lowest BCUT2D eigenvalue weighted by Gasteiger charge is -2.11. The highest BCUT2D eigenvalue weighted by Gasteiger charge is 2.16. The molecule has 19 heavy (non-hydrogen) atoms. The minimum atomic E-state index is -0.158. The number of hydrogen-bond acceptors (Lipinski definition) is 3. The Balaban J connectivity index is 1.60. The maximum Gasteiger partial charge on any atom is 0.246 e. The van der Waals surface area contributed by atoms with Gasteiger partial charge in [-0.05, 0) is 31.0 Å². The van der Waals surface area contributed by atoms with Crippen LogP contribution in [0.4, 0.5) is 0 Å². The van der Waals surface area contributed by atoms with E-state index in [1.165, 1.54) is 12.8 Å². The van der Waals surface area contributed by atoms with Gasteiger partial charge in [0.05, 0.1) is 19.1 Å². The molecule has 1 saturated carbocycles. The number of ether oxygens (including phenoxy) is 1. The van der Waals surface area contributed by atoms with Crippen molar-refractivity contribution < 1.29 is 14.4 Å². The highest BCUT2D eigenvalue weighted by molar-refractivity contribution is 6.30. The van der Waals surface area contributed by atoms with Crippen LogP contribution in [0.3, 0.4) is 0 Å². The molecule has 4 nitrogen and oxygen atoms in total. The SMILES string of the molecule is O=C(CCOc1cccc(Cl)c1)NOC1CCCC1. The van der Waals surface area contributed by atoms with Gasteiger partial charge >= 0.3 is 0 Å². The van der Waals surface area contributed by atoms with Crippen LogP contribution in [0.2, 0.25) is 5.02 Å². The minimum Gasteiger partial charge on any atom is -0.493 e. The second kappa shape index (κ2) is 7.36. The molecule has 0 spiro atoms. The molecule has 1 fully saturated rings. The fourth-order valence-corrected chi connectivity index (χ4v) is 2.20. The van der Waals surface area contributed by atoms with E-state index in [4.69, 9.17) is 21.2 Å². The van der Waals surface area contributed by atoms with Crippen LogP contribution >= 0.6 is 11.6 Å². The van der Waals surface area contributed by atoms with Gasteiger partial charge in [-0.3, -0.25) is 9.63 Å². The van der Waals surface area contributed by atoms with Crippen molar-refractivity contribution in [2.45, 2.75) is 38.2 Å². The van der Waals surface area contributed by atoms with Gasteiger partial charge in [0, 0.05) is 5.02 Å². The molecule has 2 rings (SSSR count). The van der Waals surface area contributed by atoms with E-state index in [2.05, 4.69) is 5.48 Å². The number of benzene rings is 1. The average Bonchev–Trinajstić information content (AvgIpc) is 2.89. The molecule has 0 aliphatic heterocycles. The zero-order valence-electron chi connectivity index (χ0n) is 10.7. The molecular formula is C14H18ClNO3. The summed E-state index contributed by atoms with van der Waals surface area (Å²) in [5, 5.41) is 0.617. The van der Waals surface area contributed by atoms with Crippen LogP contribution in [0.1, 0.15) is 32.1 Å². The van der Waals surface area contributed by atoms with Gasteiger partial charge in [-0.1, -0.05) is 30.5 Å². The largest absolute Gasteiger partial charge is 0.493 e. The molecule has 1 aliphatic carbocycles. The van der Waals surface area contributed by atoms with Gasteiger partial charge in [0.15, 0.2) is 0 Å². The molecule has 1 N–H and O–H groups in total. The lowest BCUT2D eigenvalue weighted by molar-refractivity contribution is -0.138. The second-order valence-corrected chi connectivity index (χ2v) is 5.04. The van der Waals surface area contributed by atoms with E-state index in [1.807, 2.05) is 0 Å². The Morgan fingerprint density at radius 2 is 2.16 bits per heavy atom. The van der Waals surface area contributed by atoms with Gasteiger partial charge in [-0.25, -0.2) is 5.48 Å². The third kappa shape index (κ3) is 5.09. The molecular weight excluding hydrogens is 266 g/mol. The summed E-state index contributed by atoms with van der Waals surface area (Å²) in [7, 11) is 0. The Hall–Kier alpha value is -1.26. The Bertz CT molecular complexity index is 419. The number of carbonyl (C=O) groups is 1. The Kier molecular flexibility index (Phi) is 5.48. The van der Waals surface area contributed by atoms with Gasteiger partial charge in [0.25, 0.3) is 0 Å². The van der Waals surface area contributed by atoms with Gasteiger partial charge in [-0.2, -0.15) is 0 Å². The van der Waals surface area contributed by atoms with E-state index in [0.717, 1.165) is 12.8 Å². The van der Waals surface area contributed by atoms with Gasteiger partial charge in [0.2, 0.25) is 5.91 Å². The van der Waals surface area contributed by atoms with Crippen LogP contribution < -0.4 is 10.2 Å². The van der Waals surface area contributed by atoms with Gasteiger partial charge in [0.1, 0.15) is 5.75 Å². The quantitative estimate of drug-likeness (QED) is 0.816. The second-order valence-electron chi connectivity index (χ2n) is 4.61. The predicted molar refractivity (Wildman–Crippen MR) is 73.0 cm³/mol. The number of amides is 1. The molecule has 0 aromatic heterocycles. The zero-order chi connectivity index (χ0) is 13.5. The van der Waals surface area contributed by atoms with Gasteiger partial charge < -0.3 is 4.74 Å². The van der Waals surface area contributed by atoms with Crippen molar-refractivity contribution in [1.82, 2.24) is 5.48 Å². The van der Waals surface area contributed by atoms with E-state index < -0.39 is 0 Å². The number of halogens is 1. The molecule has 5 heteroatoms. The molecule has 0 bridgehead atoms. The standard InChI is InChI=1S/C14H18ClNO3/c15-11-4-3-7-13(10-11)18-9-8-14(17)16-19-12-5-1-2-6-12/h3-4,7,10,12H,1-2,5-6,8-9H2,(H,16,17). The Morgan fingerprint density at radius 1 is 1.37 bits per heavy atom. The molecule has 1 aromatic rings. The summed E-state index contributed by atoms with van der Waals surface area (Å²) in [6, 6.07) is 7.10. The van der Waals surface area contributed by atoms with Crippen molar-refractivity contribution in [3.8, 4) is 5.75 Å². The summed E-state index contributed by atoms with van der Waals surface area (Å²) in [4.78, 5) is 16.8. The number of hydrogen-bond donors (Lipinski definition) is 1. The summed E-state index contributed by atoms with van der Waals surface area (Å²) >= 11 is 5.83. The lowest BCUT2D eigenvalue weighted by atomic mass is 10.3. The lowest BCUT2D eigenvalue weighted by Crippen LogP contribution is -2.29. The number of hydroxylamine groups is 1. The maximum absolute atomic E-state index is 11.5. The number of rotatable bonds is 6. The van der Waals surface area contributed by atoms with Crippen LogP contribution in [-0.2, 0) is 9.63 Å². The highest BCUT2D eigenvalue weighted by Crippen LogP contribution is 2.20. The van der Waals surface area contributed by atoms with Crippen molar-refractivity contribution >= 4 is 17.5 Å². The molecule has 104 valence electrons. The van der Waals surface area contributed by atoms with E-state index in [0.29, 0.717) is 17.4 Å². The minimum absolute atomic E-state index is 0.158. The molecule has 1 aliphatic rings. The zero-order valence-corrected chi connectivity index (χ0v) is 11.5. The van der Waals surface area contributed by atoms with E-state index >= 15 is 0 Å². The van der Waals surface area contributed by atoms with E-state index in [1.54, 1.807) is 24.3 Å². The third-order valence-electron chi connectivity index (χ3n) is 3.04. The fourth-order valence-electron chi connectivity index (χ4n) is 2.02. The van der Waals surface area contributed by atoms with Crippen LogP contribution in [0.25, 0.3) is 0 Å². The first-order valence-electron chi connectivity index (χ1n) is 6.57. The van der Waals surface area contributed by atoms with Crippen molar-refractivity contribution in [3.05, 3.63) is 29.3 Å². The fraction of sp³-hybridized carbons (Fsp3) is 0.500. The third-order valence-corrected chi connectivity index (χ3v) is 3.27. The van der Waals surface area contributed by atoms with Crippen molar-refractivity contribution in [2.24, 2.45) is 0 Å². The molecule has 1 amide bonds. The van der Waals surface area contributed by atoms with Crippen LogP contribution in [0, 0.1) is 0 Å². The van der Waals surface area contributed by atoms with Crippen LogP contribution in [0.5, 0.6) is 5.75 Å². The van der Waals surface area contributed by atoms with Gasteiger partial charge in [-0.15, -0.1) is 0 Å². The first kappa shape index (κ1) is 14.2. The molecule has 0 heterocycles. The molecule has 0 saturated heterocycles. The monoisotopic (exact) mass is 283 g/mol. The molecule has 1 aromatic carbocycles. The smallest absolute Gasteiger partial charge is 0.246 e. The molecule has 0 atom stereocenters. The predicted octanol–water partition coefficient (Wildman–Crippen LogP) is 3.10.